The van der Waals surface area contributed by atoms with E-state index in [4.69, 9.17) is 27.9 Å². The molecule has 0 amide bonds. The van der Waals surface area contributed by atoms with E-state index < -0.39 is 0 Å². The highest BCUT2D eigenvalue weighted by molar-refractivity contribution is 6.31. The average molecular weight is 296 g/mol. The highest BCUT2D eigenvalue weighted by Gasteiger charge is 2.07. The average Bonchev–Trinajstić information content (AvgIpc) is 2.42. The van der Waals surface area contributed by atoms with E-state index in [9.17, 15) is 0 Å². The summed E-state index contributed by atoms with van der Waals surface area (Å²) in [6.45, 7) is 1.32. The van der Waals surface area contributed by atoms with E-state index in [1.807, 2.05) is 42.5 Å². The predicted molar refractivity (Wildman–Crippen MR) is 80.0 cm³/mol. The summed E-state index contributed by atoms with van der Waals surface area (Å²) in [6.07, 6.45) is 0. The van der Waals surface area contributed by atoms with Crippen molar-refractivity contribution in [3.05, 3.63) is 63.6 Å². The maximum absolute atomic E-state index is 6.18. The number of methoxy groups -OCH3 is 1. The highest BCUT2D eigenvalue weighted by atomic mass is 35.5. The molecule has 2 aromatic rings. The van der Waals surface area contributed by atoms with Crippen molar-refractivity contribution >= 4 is 23.2 Å². The lowest BCUT2D eigenvalue weighted by atomic mass is 10.2. The first-order valence-electron chi connectivity index (χ1n) is 5.98. The Morgan fingerprint density at radius 3 is 2.42 bits per heavy atom. The van der Waals surface area contributed by atoms with Gasteiger partial charge in [-0.2, -0.15) is 0 Å². The summed E-state index contributed by atoms with van der Waals surface area (Å²) in [7, 11) is 1.64. The Labute approximate surface area is 123 Å². The lowest BCUT2D eigenvalue weighted by molar-refractivity contribution is 0.407. The van der Waals surface area contributed by atoms with Gasteiger partial charge in [0, 0.05) is 28.7 Å². The van der Waals surface area contributed by atoms with Gasteiger partial charge in [0.1, 0.15) is 5.75 Å². The van der Waals surface area contributed by atoms with Gasteiger partial charge >= 0.3 is 0 Å². The fourth-order valence-corrected chi connectivity index (χ4v) is 2.30. The minimum Gasteiger partial charge on any atom is -0.496 e. The first kappa shape index (κ1) is 14.2. The van der Waals surface area contributed by atoms with E-state index in [1.54, 1.807) is 7.11 Å². The van der Waals surface area contributed by atoms with Crippen LogP contribution in [0.1, 0.15) is 11.1 Å². The van der Waals surface area contributed by atoms with E-state index in [2.05, 4.69) is 5.32 Å². The molecule has 0 aliphatic rings. The van der Waals surface area contributed by atoms with Crippen LogP contribution < -0.4 is 10.1 Å². The van der Waals surface area contributed by atoms with Crippen LogP contribution in [0.4, 0.5) is 0 Å². The number of halogens is 2. The number of nitrogens with one attached hydrogen (secondary N) is 1. The van der Waals surface area contributed by atoms with Crippen LogP contribution in [0.5, 0.6) is 5.75 Å². The smallest absolute Gasteiger partial charge is 0.124 e. The first-order valence-corrected chi connectivity index (χ1v) is 6.73. The van der Waals surface area contributed by atoms with Crippen molar-refractivity contribution in [1.82, 2.24) is 5.32 Å². The minimum absolute atomic E-state index is 0.633. The van der Waals surface area contributed by atoms with Gasteiger partial charge in [0.15, 0.2) is 0 Å². The van der Waals surface area contributed by atoms with Crippen LogP contribution in [0.2, 0.25) is 10.0 Å². The Morgan fingerprint density at radius 1 is 0.947 bits per heavy atom. The largest absolute Gasteiger partial charge is 0.496 e. The van der Waals surface area contributed by atoms with Crippen molar-refractivity contribution in [2.75, 3.05) is 7.11 Å². The zero-order valence-electron chi connectivity index (χ0n) is 10.6. The molecule has 0 atom stereocenters. The third-order valence-corrected chi connectivity index (χ3v) is 3.59. The molecule has 0 aliphatic carbocycles. The molecule has 0 bridgehead atoms. The molecule has 2 aromatic carbocycles. The SMILES string of the molecule is COc1cccc(Cl)c1CNCc1ccccc1Cl. The topological polar surface area (TPSA) is 21.3 Å². The van der Waals surface area contributed by atoms with Gasteiger partial charge in [-0.1, -0.05) is 47.5 Å². The van der Waals surface area contributed by atoms with Crippen molar-refractivity contribution < 1.29 is 4.74 Å². The van der Waals surface area contributed by atoms with Gasteiger partial charge in [0.25, 0.3) is 0 Å². The summed E-state index contributed by atoms with van der Waals surface area (Å²) in [4.78, 5) is 0. The van der Waals surface area contributed by atoms with Crippen molar-refractivity contribution in [1.29, 1.82) is 0 Å². The van der Waals surface area contributed by atoms with E-state index in [0.29, 0.717) is 18.1 Å². The monoisotopic (exact) mass is 295 g/mol. The lowest BCUT2D eigenvalue weighted by Crippen LogP contribution is -2.14. The molecular formula is C15H15Cl2NO. The van der Waals surface area contributed by atoms with Crippen LogP contribution in [0.3, 0.4) is 0 Å². The quantitative estimate of drug-likeness (QED) is 0.888. The Bertz CT molecular complexity index is 558. The molecule has 0 heterocycles. The third kappa shape index (κ3) is 3.63. The second-order valence-electron chi connectivity index (χ2n) is 4.12. The van der Waals surface area contributed by atoms with Crippen LogP contribution in [0.15, 0.2) is 42.5 Å². The third-order valence-electron chi connectivity index (χ3n) is 2.87. The fraction of sp³-hybridized carbons (Fsp3) is 0.200. The Balaban J connectivity index is 2.02. The molecule has 0 saturated heterocycles. The molecule has 100 valence electrons. The predicted octanol–water partition coefficient (Wildman–Crippen LogP) is 4.29. The summed E-state index contributed by atoms with van der Waals surface area (Å²) >= 11 is 12.3. The van der Waals surface area contributed by atoms with Crippen LogP contribution in [-0.2, 0) is 13.1 Å². The van der Waals surface area contributed by atoms with Gasteiger partial charge in [0.2, 0.25) is 0 Å². The zero-order chi connectivity index (χ0) is 13.7. The summed E-state index contributed by atoms with van der Waals surface area (Å²) in [5, 5.41) is 4.79. The van der Waals surface area contributed by atoms with E-state index in [-0.39, 0.29) is 0 Å². The van der Waals surface area contributed by atoms with Crippen LogP contribution in [0.25, 0.3) is 0 Å². The van der Waals surface area contributed by atoms with Crippen molar-refractivity contribution in [2.24, 2.45) is 0 Å². The van der Waals surface area contributed by atoms with Gasteiger partial charge in [-0.25, -0.2) is 0 Å². The Hall–Kier alpha value is -1.22. The minimum atomic E-state index is 0.633. The standard InChI is InChI=1S/C15H15Cl2NO/c1-19-15-8-4-7-14(17)12(15)10-18-9-11-5-2-3-6-13(11)16/h2-8,18H,9-10H2,1H3. The van der Waals surface area contributed by atoms with Gasteiger partial charge in [-0.3, -0.25) is 0 Å². The van der Waals surface area contributed by atoms with Gasteiger partial charge in [0.05, 0.1) is 7.11 Å². The molecular weight excluding hydrogens is 281 g/mol. The molecule has 0 radical (unpaired) electrons. The molecule has 0 fully saturated rings. The molecule has 0 spiro atoms. The van der Waals surface area contributed by atoms with Gasteiger partial charge in [-0.15, -0.1) is 0 Å². The summed E-state index contributed by atoms with van der Waals surface area (Å²) in [6, 6.07) is 13.4. The number of rotatable bonds is 5. The van der Waals surface area contributed by atoms with Crippen molar-refractivity contribution in [3.8, 4) is 5.75 Å². The molecule has 4 heteroatoms. The second kappa shape index (κ2) is 6.80. The number of benzene rings is 2. The van der Waals surface area contributed by atoms with Crippen molar-refractivity contribution in [3.63, 3.8) is 0 Å². The zero-order valence-corrected chi connectivity index (χ0v) is 12.1. The highest BCUT2D eigenvalue weighted by Crippen LogP contribution is 2.26. The second-order valence-corrected chi connectivity index (χ2v) is 4.93. The molecule has 2 nitrogen and oxygen atoms in total. The summed E-state index contributed by atoms with van der Waals surface area (Å²) < 4.78 is 5.30. The molecule has 2 rings (SSSR count). The van der Waals surface area contributed by atoms with Gasteiger partial charge < -0.3 is 10.1 Å². The summed E-state index contributed by atoms with van der Waals surface area (Å²) in [5.41, 5.74) is 2.02. The fourth-order valence-electron chi connectivity index (χ4n) is 1.87. The number of ether oxygens (including phenoxy) is 1. The van der Waals surface area contributed by atoms with Crippen LogP contribution in [0, 0.1) is 0 Å². The number of hydrogen-bond donors (Lipinski definition) is 1. The summed E-state index contributed by atoms with van der Waals surface area (Å²) in [5.74, 6) is 0.791. The van der Waals surface area contributed by atoms with E-state index in [1.165, 1.54) is 0 Å². The molecule has 0 aliphatic heterocycles. The first-order chi connectivity index (χ1) is 9.22. The molecule has 0 aromatic heterocycles. The Morgan fingerprint density at radius 2 is 1.68 bits per heavy atom. The van der Waals surface area contributed by atoms with Gasteiger partial charge in [-0.05, 0) is 23.8 Å². The maximum Gasteiger partial charge on any atom is 0.124 e. The molecule has 0 saturated carbocycles. The molecule has 1 N–H and O–H groups in total. The number of hydrogen-bond acceptors (Lipinski definition) is 2. The van der Waals surface area contributed by atoms with Crippen LogP contribution in [-0.4, -0.2) is 7.11 Å². The molecule has 0 unspecified atom stereocenters. The Kier molecular flexibility index (Phi) is 5.08. The normalized spacial score (nSPS) is 10.5. The maximum atomic E-state index is 6.18. The van der Waals surface area contributed by atoms with E-state index in [0.717, 1.165) is 21.9 Å². The molecule has 19 heavy (non-hydrogen) atoms. The van der Waals surface area contributed by atoms with E-state index >= 15 is 0 Å². The van der Waals surface area contributed by atoms with Crippen molar-refractivity contribution in [2.45, 2.75) is 13.1 Å². The lowest BCUT2D eigenvalue weighted by Gasteiger charge is -2.12. The van der Waals surface area contributed by atoms with Crippen LogP contribution >= 0.6 is 23.2 Å².